The normalized spacial score (nSPS) is 10.4. The van der Waals surface area contributed by atoms with Crippen molar-refractivity contribution < 1.29 is 23.9 Å². The van der Waals surface area contributed by atoms with Crippen LogP contribution in [0.5, 0.6) is 5.75 Å². The van der Waals surface area contributed by atoms with E-state index in [1.165, 1.54) is 0 Å². The van der Waals surface area contributed by atoms with Gasteiger partial charge in [0.25, 0.3) is 11.8 Å². The molecule has 0 atom stereocenters. The molecule has 0 aliphatic rings. The summed E-state index contributed by atoms with van der Waals surface area (Å²) in [6.45, 7) is 6.97. The van der Waals surface area contributed by atoms with Crippen molar-refractivity contribution in [3.8, 4) is 5.75 Å². The highest BCUT2D eigenvalue weighted by Crippen LogP contribution is 2.20. The number of hydrogen-bond acceptors (Lipinski definition) is 5. The second kappa shape index (κ2) is 11.0. The zero-order valence-corrected chi connectivity index (χ0v) is 17.8. The predicted molar refractivity (Wildman–Crippen MR) is 115 cm³/mol. The van der Waals surface area contributed by atoms with Gasteiger partial charge < -0.3 is 20.1 Å². The molecule has 0 saturated carbocycles. The Morgan fingerprint density at radius 2 is 1.73 bits per heavy atom. The molecule has 2 amide bonds. The van der Waals surface area contributed by atoms with Gasteiger partial charge in [-0.15, -0.1) is 0 Å². The van der Waals surface area contributed by atoms with Gasteiger partial charge in [-0.2, -0.15) is 0 Å². The van der Waals surface area contributed by atoms with E-state index in [0.717, 1.165) is 23.2 Å². The van der Waals surface area contributed by atoms with Crippen LogP contribution in [0.3, 0.4) is 0 Å². The summed E-state index contributed by atoms with van der Waals surface area (Å²) in [7, 11) is 0. The van der Waals surface area contributed by atoms with Crippen LogP contribution in [0.2, 0.25) is 0 Å². The lowest BCUT2D eigenvalue weighted by Crippen LogP contribution is -2.32. The molecule has 0 fully saturated rings. The standard InChI is InChI=1S/C23H28N2O5/c1-5-17-8-6-7-16(4)22(17)25-20(26)14-29-21(27)13-24-23(28)18-9-11-19(12-10-18)30-15(2)3/h6-12,15H,5,13-14H2,1-4H3,(H,24,28)(H,25,26). The van der Waals surface area contributed by atoms with Crippen molar-refractivity contribution in [3.05, 3.63) is 59.2 Å². The molecule has 0 bridgehead atoms. The van der Waals surface area contributed by atoms with Gasteiger partial charge in [-0.1, -0.05) is 25.1 Å². The Morgan fingerprint density at radius 1 is 1.03 bits per heavy atom. The minimum Gasteiger partial charge on any atom is -0.491 e. The number of ether oxygens (including phenoxy) is 2. The van der Waals surface area contributed by atoms with E-state index >= 15 is 0 Å². The lowest BCUT2D eigenvalue weighted by Gasteiger charge is -2.13. The van der Waals surface area contributed by atoms with Crippen molar-refractivity contribution in [2.24, 2.45) is 0 Å². The summed E-state index contributed by atoms with van der Waals surface area (Å²) in [4.78, 5) is 36.1. The molecule has 7 heteroatoms. The van der Waals surface area contributed by atoms with Crippen LogP contribution in [-0.2, 0) is 20.7 Å². The zero-order valence-electron chi connectivity index (χ0n) is 17.8. The number of hydrogen-bond donors (Lipinski definition) is 2. The van der Waals surface area contributed by atoms with Gasteiger partial charge in [-0.3, -0.25) is 14.4 Å². The summed E-state index contributed by atoms with van der Waals surface area (Å²) >= 11 is 0. The number of rotatable bonds is 9. The average molecular weight is 412 g/mol. The first-order chi connectivity index (χ1) is 14.3. The van der Waals surface area contributed by atoms with Gasteiger partial charge in [0.1, 0.15) is 12.3 Å². The minimum atomic E-state index is -0.696. The van der Waals surface area contributed by atoms with E-state index in [1.54, 1.807) is 24.3 Å². The third kappa shape index (κ3) is 6.92. The van der Waals surface area contributed by atoms with Crippen LogP contribution < -0.4 is 15.4 Å². The highest BCUT2D eigenvalue weighted by atomic mass is 16.5. The molecule has 0 aliphatic heterocycles. The smallest absolute Gasteiger partial charge is 0.325 e. The molecular formula is C23H28N2O5. The van der Waals surface area contributed by atoms with E-state index in [0.29, 0.717) is 11.3 Å². The number of para-hydroxylation sites is 1. The first-order valence-corrected chi connectivity index (χ1v) is 9.89. The fraction of sp³-hybridized carbons (Fsp3) is 0.348. The van der Waals surface area contributed by atoms with Crippen LogP contribution in [0.25, 0.3) is 0 Å². The number of carbonyl (C=O) groups is 3. The predicted octanol–water partition coefficient (Wildman–Crippen LogP) is 3.26. The molecule has 2 N–H and O–H groups in total. The Hall–Kier alpha value is -3.35. The number of benzene rings is 2. The van der Waals surface area contributed by atoms with E-state index < -0.39 is 24.4 Å². The lowest BCUT2D eigenvalue weighted by molar-refractivity contribution is -0.146. The van der Waals surface area contributed by atoms with Crippen LogP contribution in [0.15, 0.2) is 42.5 Å². The molecule has 0 unspecified atom stereocenters. The van der Waals surface area contributed by atoms with Gasteiger partial charge in [-0.05, 0) is 62.6 Å². The van der Waals surface area contributed by atoms with Gasteiger partial charge in [0, 0.05) is 11.3 Å². The SMILES string of the molecule is CCc1cccc(C)c1NC(=O)COC(=O)CNC(=O)c1ccc(OC(C)C)cc1. The Kier molecular flexibility index (Phi) is 8.41. The second-order valence-electron chi connectivity index (χ2n) is 7.05. The topological polar surface area (TPSA) is 93.7 Å². The Morgan fingerprint density at radius 3 is 2.37 bits per heavy atom. The molecule has 0 heterocycles. The van der Waals surface area contributed by atoms with Crippen LogP contribution in [0.1, 0.15) is 42.3 Å². The number of nitrogens with one attached hydrogen (secondary N) is 2. The highest BCUT2D eigenvalue weighted by molar-refractivity contribution is 5.97. The number of carbonyl (C=O) groups excluding carboxylic acids is 3. The molecule has 7 nitrogen and oxygen atoms in total. The third-order valence-corrected chi connectivity index (χ3v) is 4.25. The number of esters is 1. The highest BCUT2D eigenvalue weighted by Gasteiger charge is 2.13. The fourth-order valence-electron chi connectivity index (χ4n) is 2.79. The van der Waals surface area contributed by atoms with Gasteiger partial charge in [0.15, 0.2) is 6.61 Å². The van der Waals surface area contributed by atoms with Crippen LogP contribution in [0.4, 0.5) is 5.69 Å². The molecule has 0 spiro atoms. The van der Waals surface area contributed by atoms with Crippen molar-refractivity contribution >= 4 is 23.5 Å². The molecule has 0 saturated heterocycles. The molecular weight excluding hydrogens is 384 g/mol. The summed E-state index contributed by atoms with van der Waals surface area (Å²) in [6.07, 6.45) is 0.809. The Balaban J connectivity index is 1.78. The van der Waals surface area contributed by atoms with Gasteiger partial charge in [-0.25, -0.2) is 0 Å². The summed E-state index contributed by atoms with van der Waals surface area (Å²) in [5.41, 5.74) is 3.07. The molecule has 0 aliphatic carbocycles. The molecule has 160 valence electrons. The zero-order chi connectivity index (χ0) is 22.1. The molecule has 0 radical (unpaired) electrons. The fourth-order valence-corrected chi connectivity index (χ4v) is 2.79. The van der Waals surface area contributed by atoms with Crippen molar-refractivity contribution in [1.29, 1.82) is 0 Å². The number of anilines is 1. The monoisotopic (exact) mass is 412 g/mol. The lowest BCUT2D eigenvalue weighted by atomic mass is 10.1. The minimum absolute atomic E-state index is 0.0380. The van der Waals surface area contributed by atoms with Crippen molar-refractivity contribution in [1.82, 2.24) is 5.32 Å². The molecule has 2 aromatic rings. The average Bonchev–Trinajstić information content (AvgIpc) is 2.72. The Bertz CT molecular complexity index is 891. The van der Waals surface area contributed by atoms with Crippen molar-refractivity contribution in [2.75, 3.05) is 18.5 Å². The van der Waals surface area contributed by atoms with E-state index in [2.05, 4.69) is 10.6 Å². The maximum absolute atomic E-state index is 12.1. The molecule has 0 aromatic heterocycles. The van der Waals surface area contributed by atoms with Crippen LogP contribution in [-0.4, -0.2) is 37.0 Å². The van der Waals surface area contributed by atoms with Gasteiger partial charge >= 0.3 is 5.97 Å². The van der Waals surface area contributed by atoms with Gasteiger partial charge in [0.05, 0.1) is 6.10 Å². The quantitative estimate of drug-likeness (QED) is 0.617. The molecule has 30 heavy (non-hydrogen) atoms. The summed E-state index contributed by atoms with van der Waals surface area (Å²) < 4.78 is 10.5. The van der Waals surface area contributed by atoms with Gasteiger partial charge in [0.2, 0.25) is 0 Å². The first kappa shape index (κ1) is 22.9. The van der Waals surface area contributed by atoms with E-state index in [9.17, 15) is 14.4 Å². The van der Waals surface area contributed by atoms with Crippen molar-refractivity contribution in [3.63, 3.8) is 0 Å². The molecule has 2 aromatic carbocycles. The van der Waals surface area contributed by atoms with E-state index in [4.69, 9.17) is 9.47 Å². The summed E-state index contributed by atoms with van der Waals surface area (Å²) in [5, 5.41) is 5.25. The summed E-state index contributed by atoms with van der Waals surface area (Å²) in [6, 6.07) is 12.4. The second-order valence-corrected chi connectivity index (χ2v) is 7.05. The summed E-state index contributed by atoms with van der Waals surface area (Å²) in [5.74, 6) is -0.884. The number of aryl methyl sites for hydroxylation is 2. The molecule has 2 rings (SSSR count). The van der Waals surface area contributed by atoms with Crippen LogP contribution in [0, 0.1) is 6.92 Å². The van der Waals surface area contributed by atoms with Crippen molar-refractivity contribution in [2.45, 2.75) is 40.2 Å². The van der Waals surface area contributed by atoms with E-state index in [1.807, 2.05) is 45.9 Å². The Labute approximate surface area is 176 Å². The maximum Gasteiger partial charge on any atom is 0.325 e. The number of amides is 2. The maximum atomic E-state index is 12.1. The first-order valence-electron chi connectivity index (χ1n) is 9.89. The third-order valence-electron chi connectivity index (χ3n) is 4.25. The van der Waals surface area contributed by atoms with Crippen LogP contribution >= 0.6 is 0 Å². The largest absolute Gasteiger partial charge is 0.491 e. The van der Waals surface area contributed by atoms with E-state index in [-0.39, 0.29) is 12.6 Å².